The Bertz CT molecular complexity index is 769. The molecule has 1 heterocycles. The highest BCUT2D eigenvalue weighted by molar-refractivity contribution is 5.95. The van der Waals surface area contributed by atoms with Gasteiger partial charge in [-0.05, 0) is 30.2 Å². The van der Waals surface area contributed by atoms with Crippen molar-refractivity contribution >= 4 is 11.9 Å². The Labute approximate surface area is 145 Å². The Morgan fingerprint density at radius 2 is 1.84 bits per heavy atom. The number of aromatic amines is 1. The van der Waals surface area contributed by atoms with Crippen LogP contribution in [0, 0.1) is 5.92 Å². The first kappa shape index (κ1) is 18.3. The third-order valence-corrected chi connectivity index (χ3v) is 3.72. The number of H-pyrrole nitrogens is 1. The van der Waals surface area contributed by atoms with Crippen LogP contribution in [0.5, 0.6) is 11.5 Å². The summed E-state index contributed by atoms with van der Waals surface area (Å²) in [6.07, 6.45) is 0. The topological polar surface area (TPSA) is 114 Å². The molecule has 8 nitrogen and oxygen atoms in total. The minimum Gasteiger partial charge on any atom is -0.493 e. The quantitative estimate of drug-likeness (QED) is 0.705. The summed E-state index contributed by atoms with van der Waals surface area (Å²) in [6.45, 7) is 3.45. The maximum absolute atomic E-state index is 12.2. The third-order valence-electron chi connectivity index (χ3n) is 3.72. The van der Waals surface area contributed by atoms with Crippen molar-refractivity contribution in [2.24, 2.45) is 5.92 Å². The van der Waals surface area contributed by atoms with Crippen LogP contribution < -0.4 is 14.8 Å². The minimum atomic E-state index is -1.08. The van der Waals surface area contributed by atoms with E-state index in [1.165, 1.54) is 7.11 Å². The lowest BCUT2D eigenvalue weighted by atomic mass is 10.0. The van der Waals surface area contributed by atoms with Crippen LogP contribution in [-0.4, -0.2) is 47.4 Å². The summed E-state index contributed by atoms with van der Waals surface area (Å²) in [5.74, 6) is -0.723. The number of rotatable bonds is 7. The van der Waals surface area contributed by atoms with Crippen molar-refractivity contribution in [1.29, 1.82) is 0 Å². The van der Waals surface area contributed by atoms with Gasteiger partial charge >= 0.3 is 5.97 Å². The van der Waals surface area contributed by atoms with Crippen LogP contribution in [0.1, 0.15) is 24.3 Å². The predicted octanol–water partition coefficient (Wildman–Crippen LogP) is 1.93. The average molecular weight is 347 g/mol. The van der Waals surface area contributed by atoms with Crippen LogP contribution in [0.25, 0.3) is 11.3 Å². The molecule has 1 aromatic carbocycles. The molecule has 25 heavy (non-hydrogen) atoms. The van der Waals surface area contributed by atoms with Gasteiger partial charge in [0.05, 0.1) is 19.9 Å². The first-order chi connectivity index (χ1) is 11.9. The van der Waals surface area contributed by atoms with Gasteiger partial charge in [0, 0.05) is 5.56 Å². The van der Waals surface area contributed by atoms with Gasteiger partial charge < -0.3 is 19.9 Å². The van der Waals surface area contributed by atoms with Gasteiger partial charge in [-0.1, -0.05) is 13.8 Å². The highest BCUT2D eigenvalue weighted by atomic mass is 16.5. The van der Waals surface area contributed by atoms with Crippen molar-refractivity contribution in [1.82, 2.24) is 15.5 Å². The molecule has 1 amide bonds. The molecule has 0 aliphatic rings. The fourth-order valence-electron chi connectivity index (χ4n) is 2.31. The van der Waals surface area contributed by atoms with Crippen LogP contribution in [0.2, 0.25) is 0 Å². The number of benzene rings is 1. The van der Waals surface area contributed by atoms with E-state index in [0.717, 1.165) is 5.56 Å². The molecule has 1 aromatic heterocycles. The second-order valence-corrected chi connectivity index (χ2v) is 5.77. The Morgan fingerprint density at radius 1 is 1.16 bits per heavy atom. The van der Waals surface area contributed by atoms with Crippen molar-refractivity contribution in [3.8, 4) is 22.8 Å². The van der Waals surface area contributed by atoms with Gasteiger partial charge in [-0.25, -0.2) is 4.79 Å². The molecular formula is C17H21N3O5. The zero-order valence-corrected chi connectivity index (χ0v) is 14.5. The number of carbonyl (C=O) groups is 2. The summed E-state index contributed by atoms with van der Waals surface area (Å²) in [5, 5.41) is 18.4. The first-order valence-electron chi connectivity index (χ1n) is 7.68. The number of carboxylic acids is 1. The maximum Gasteiger partial charge on any atom is 0.326 e. The van der Waals surface area contributed by atoms with Gasteiger partial charge in [0.15, 0.2) is 11.5 Å². The fraction of sp³-hybridized carbons (Fsp3) is 0.353. The van der Waals surface area contributed by atoms with Gasteiger partial charge in [-0.15, -0.1) is 0 Å². The van der Waals surface area contributed by atoms with Gasteiger partial charge in [-0.3, -0.25) is 9.89 Å². The zero-order valence-electron chi connectivity index (χ0n) is 14.5. The summed E-state index contributed by atoms with van der Waals surface area (Å²) in [6, 6.07) is 5.84. The molecule has 0 radical (unpaired) electrons. The lowest BCUT2D eigenvalue weighted by Gasteiger charge is -2.17. The fourth-order valence-corrected chi connectivity index (χ4v) is 2.31. The van der Waals surface area contributed by atoms with Crippen LogP contribution >= 0.6 is 0 Å². The van der Waals surface area contributed by atoms with Gasteiger partial charge in [0.1, 0.15) is 11.7 Å². The van der Waals surface area contributed by atoms with E-state index >= 15 is 0 Å². The summed E-state index contributed by atoms with van der Waals surface area (Å²) in [7, 11) is 3.07. The van der Waals surface area contributed by atoms with E-state index in [4.69, 9.17) is 14.6 Å². The molecule has 0 aliphatic heterocycles. The molecule has 0 bridgehead atoms. The molecule has 2 aromatic rings. The number of methoxy groups -OCH3 is 2. The Balaban J connectivity index is 2.22. The number of carboxylic acid groups (broad SMARTS) is 1. The number of ether oxygens (including phenoxy) is 2. The van der Waals surface area contributed by atoms with Crippen molar-refractivity contribution in [2.75, 3.05) is 14.2 Å². The van der Waals surface area contributed by atoms with E-state index in [1.54, 1.807) is 45.2 Å². The predicted molar refractivity (Wildman–Crippen MR) is 90.9 cm³/mol. The number of aromatic nitrogens is 2. The van der Waals surface area contributed by atoms with Crippen LogP contribution in [0.3, 0.4) is 0 Å². The van der Waals surface area contributed by atoms with E-state index in [9.17, 15) is 9.59 Å². The minimum absolute atomic E-state index is 0.177. The largest absolute Gasteiger partial charge is 0.493 e. The van der Waals surface area contributed by atoms with Crippen molar-refractivity contribution < 1.29 is 24.2 Å². The molecule has 0 spiro atoms. The SMILES string of the molecule is COc1ccc(-c2cc(C(=O)N[C@H](C(=O)O)C(C)C)[nH]n2)cc1OC. The maximum atomic E-state index is 12.2. The number of hydrogen-bond donors (Lipinski definition) is 3. The molecule has 134 valence electrons. The average Bonchev–Trinajstić information content (AvgIpc) is 3.08. The number of carbonyl (C=O) groups excluding carboxylic acids is 1. The van der Waals surface area contributed by atoms with Crippen molar-refractivity contribution in [2.45, 2.75) is 19.9 Å². The van der Waals surface area contributed by atoms with E-state index in [2.05, 4.69) is 15.5 Å². The number of nitrogens with zero attached hydrogens (tertiary/aromatic N) is 1. The van der Waals surface area contributed by atoms with E-state index < -0.39 is 17.9 Å². The number of nitrogens with one attached hydrogen (secondary N) is 2. The highest BCUT2D eigenvalue weighted by Gasteiger charge is 2.24. The summed E-state index contributed by atoms with van der Waals surface area (Å²) in [5.41, 5.74) is 1.44. The summed E-state index contributed by atoms with van der Waals surface area (Å²) < 4.78 is 10.4. The molecule has 3 N–H and O–H groups in total. The molecule has 0 aliphatic carbocycles. The molecule has 0 fully saturated rings. The molecular weight excluding hydrogens is 326 g/mol. The molecule has 0 saturated carbocycles. The molecule has 1 atom stereocenters. The summed E-state index contributed by atoms with van der Waals surface area (Å²) in [4.78, 5) is 23.4. The molecule has 2 rings (SSSR count). The number of amides is 1. The second kappa shape index (κ2) is 7.69. The van der Waals surface area contributed by atoms with Crippen molar-refractivity contribution in [3.63, 3.8) is 0 Å². The Hall–Kier alpha value is -3.03. The zero-order chi connectivity index (χ0) is 18.6. The normalized spacial score (nSPS) is 11.9. The second-order valence-electron chi connectivity index (χ2n) is 5.77. The highest BCUT2D eigenvalue weighted by Crippen LogP contribution is 2.31. The Morgan fingerprint density at radius 3 is 2.40 bits per heavy atom. The lowest BCUT2D eigenvalue weighted by molar-refractivity contribution is -0.140. The van der Waals surface area contributed by atoms with Gasteiger partial charge in [0.2, 0.25) is 0 Å². The third kappa shape index (κ3) is 4.09. The number of hydrogen-bond acceptors (Lipinski definition) is 5. The van der Waals surface area contributed by atoms with E-state index in [0.29, 0.717) is 17.2 Å². The van der Waals surface area contributed by atoms with Gasteiger partial charge in [-0.2, -0.15) is 5.10 Å². The van der Waals surface area contributed by atoms with E-state index in [-0.39, 0.29) is 11.6 Å². The van der Waals surface area contributed by atoms with Crippen LogP contribution in [-0.2, 0) is 4.79 Å². The molecule has 0 saturated heterocycles. The summed E-state index contributed by atoms with van der Waals surface area (Å²) >= 11 is 0. The van der Waals surface area contributed by atoms with Crippen LogP contribution in [0.15, 0.2) is 24.3 Å². The van der Waals surface area contributed by atoms with Crippen LogP contribution in [0.4, 0.5) is 0 Å². The van der Waals surface area contributed by atoms with Crippen molar-refractivity contribution in [3.05, 3.63) is 30.0 Å². The molecule has 0 unspecified atom stereocenters. The standard InChI is InChI=1S/C17H21N3O5/c1-9(2)15(17(22)23)18-16(21)12-8-11(19-20-12)10-5-6-13(24-3)14(7-10)25-4/h5-9,15H,1-4H3,(H,18,21)(H,19,20)(H,22,23)/t15-/m0/s1. The van der Waals surface area contributed by atoms with Gasteiger partial charge in [0.25, 0.3) is 5.91 Å². The Kier molecular flexibility index (Phi) is 5.63. The first-order valence-corrected chi connectivity index (χ1v) is 7.68. The number of aliphatic carboxylic acids is 1. The monoisotopic (exact) mass is 347 g/mol. The molecule has 8 heteroatoms. The smallest absolute Gasteiger partial charge is 0.326 e. The van der Waals surface area contributed by atoms with E-state index in [1.807, 2.05) is 0 Å². The lowest BCUT2D eigenvalue weighted by Crippen LogP contribution is -2.44.